The van der Waals surface area contributed by atoms with Crippen LogP contribution in [0.3, 0.4) is 0 Å². The maximum absolute atomic E-state index is 13.0. The lowest BCUT2D eigenvalue weighted by Gasteiger charge is -2.28. The molecule has 0 saturated heterocycles. The molecule has 0 aliphatic heterocycles. The third kappa shape index (κ3) is 5.84. The van der Waals surface area contributed by atoms with Gasteiger partial charge in [-0.15, -0.1) is 0 Å². The standard InChI is InChI=1S/C23H30N2O3/c1-6-24-23(27)19(5)25(14-20-11-8-16(2)9-12-20)22(26)15-28-21-13-17(3)7-10-18(21)4/h7-13,19H,6,14-15H2,1-5H3,(H,24,27). The molecule has 0 saturated carbocycles. The Morgan fingerprint density at radius 1 is 1.04 bits per heavy atom. The highest BCUT2D eigenvalue weighted by Crippen LogP contribution is 2.19. The van der Waals surface area contributed by atoms with Gasteiger partial charge in [0.05, 0.1) is 0 Å². The molecular weight excluding hydrogens is 352 g/mol. The molecule has 0 fully saturated rings. The molecule has 28 heavy (non-hydrogen) atoms. The van der Waals surface area contributed by atoms with Crippen molar-refractivity contribution in [1.82, 2.24) is 10.2 Å². The van der Waals surface area contributed by atoms with Gasteiger partial charge >= 0.3 is 0 Å². The fourth-order valence-corrected chi connectivity index (χ4v) is 2.88. The van der Waals surface area contributed by atoms with Gasteiger partial charge in [0, 0.05) is 13.1 Å². The molecule has 0 aliphatic rings. The van der Waals surface area contributed by atoms with Gasteiger partial charge in [-0.25, -0.2) is 0 Å². The van der Waals surface area contributed by atoms with Crippen LogP contribution >= 0.6 is 0 Å². The molecule has 5 nitrogen and oxygen atoms in total. The van der Waals surface area contributed by atoms with Crippen LogP contribution in [0.1, 0.15) is 36.1 Å². The van der Waals surface area contributed by atoms with Gasteiger partial charge in [0.15, 0.2) is 6.61 Å². The number of aryl methyl sites for hydroxylation is 3. The molecule has 1 atom stereocenters. The zero-order valence-electron chi connectivity index (χ0n) is 17.4. The largest absolute Gasteiger partial charge is 0.483 e. The van der Waals surface area contributed by atoms with Crippen molar-refractivity contribution in [3.63, 3.8) is 0 Å². The lowest BCUT2D eigenvalue weighted by molar-refractivity contribution is -0.142. The molecule has 0 spiro atoms. The molecule has 1 N–H and O–H groups in total. The summed E-state index contributed by atoms with van der Waals surface area (Å²) < 4.78 is 5.78. The Morgan fingerprint density at radius 3 is 2.32 bits per heavy atom. The van der Waals surface area contributed by atoms with Gasteiger partial charge in [-0.2, -0.15) is 0 Å². The van der Waals surface area contributed by atoms with E-state index in [1.54, 1.807) is 11.8 Å². The first-order valence-corrected chi connectivity index (χ1v) is 9.64. The van der Waals surface area contributed by atoms with E-state index in [1.807, 2.05) is 70.2 Å². The number of ether oxygens (including phenoxy) is 1. The second kappa shape index (κ2) is 9.93. The van der Waals surface area contributed by atoms with Crippen LogP contribution in [0, 0.1) is 20.8 Å². The summed E-state index contributed by atoms with van der Waals surface area (Å²) in [6.07, 6.45) is 0. The number of carbonyl (C=O) groups excluding carboxylic acids is 2. The van der Waals surface area contributed by atoms with Gasteiger partial charge in [0.2, 0.25) is 5.91 Å². The third-order valence-corrected chi connectivity index (χ3v) is 4.69. The number of nitrogens with zero attached hydrogens (tertiary/aromatic N) is 1. The lowest BCUT2D eigenvalue weighted by Crippen LogP contribution is -2.49. The summed E-state index contributed by atoms with van der Waals surface area (Å²) in [4.78, 5) is 26.9. The highest BCUT2D eigenvalue weighted by atomic mass is 16.5. The number of hydrogen-bond donors (Lipinski definition) is 1. The molecule has 1 unspecified atom stereocenters. The number of likely N-dealkylation sites (N-methyl/N-ethyl adjacent to an activating group) is 1. The van der Waals surface area contributed by atoms with Crippen LogP contribution in [0.2, 0.25) is 0 Å². The molecule has 2 rings (SSSR count). The van der Waals surface area contributed by atoms with Crippen molar-refractivity contribution in [3.05, 3.63) is 64.7 Å². The zero-order chi connectivity index (χ0) is 20.7. The minimum Gasteiger partial charge on any atom is -0.483 e. The predicted molar refractivity (Wildman–Crippen MR) is 111 cm³/mol. The van der Waals surface area contributed by atoms with Gasteiger partial charge in [0.25, 0.3) is 5.91 Å². The van der Waals surface area contributed by atoms with Crippen LogP contribution in [-0.2, 0) is 16.1 Å². The van der Waals surface area contributed by atoms with E-state index in [9.17, 15) is 9.59 Å². The van der Waals surface area contributed by atoms with Crippen molar-refractivity contribution in [2.24, 2.45) is 0 Å². The summed E-state index contributed by atoms with van der Waals surface area (Å²) in [5.74, 6) is 0.296. The maximum Gasteiger partial charge on any atom is 0.261 e. The molecule has 0 radical (unpaired) electrons. The molecule has 5 heteroatoms. The number of carbonyl (C=O) groups is 2. The van der Waals surface area contributed by atoms with Crippen molar-refractivity contribution in [2.45, 2.75) is 47.2 Å². The molecule has 2 amide bonds. The Balaban J connectivity index is 2.16. The smallest absolute Gasteiger partial charge is 0.261 e. The molecule has 0 aromatic heterocycles. The van der Waals surface area contributed by atoms with Gasteiger partial charge < -0.3 is 15.0 Å². The number of amides is 2. The highest BCUT2D eigenvalue weighted by Gasteiger charge is 2.26. The summed E-state index contributed by atoms with van der Waals surface area (Å²) >= 11 is 0. The highest BCUT2D eigenvalue weighted by molar-refractivity contribution is 5.87. The fourth-order valence-electron chi connectivity index (χ4n) is 2.88. The van der Waals surface area contributed by atoms with E-state index in [-0.39, 0.29) is 18.4 Å². The van der Waals surface area contributed by atoms with Crippen molar-refractivity contribution >= 4 is 11.8 Å². The number of nitrogens with one attached hydrogen (secondary N) is 1. The van der Waals surface area contributed by atoms with E-state index in [0.717, 1.165) is 22.3 Å². The second-order valence-corrected chi connectivity index (χ2v) is 7.14. The SMILES string of the molecule is CCNC(=O)C(C)N(Cc1ccc(C)cc1)C(=O)COc1cc(C)ccc1C. The monoisotopic (exact) mass is 382 g/mol. The average molecular weight is 383 g/mol. The lowest BCUT2D eigenvalue weighted by atomic mass is 10.1. The number of hydrogen-bond acceptors (Lipinski definition) is 3. The van der Waals surface area contributed by atoms with E-state index in [2.05, 4.69) is 5.32 Å². The van der Waals surface area contributed by atoms with Crippen LogP contribution in [-0.4, -0.2) is 35.9 Å². The maximum atomic E-state index is 13.0. The van der Waals surface area contributed by atoms with E-state index in [0.29, 0.717) is 18.8 Å². The zero-order valence-corrected chi connectivity index (χ0v) is 17.4. The predicted octanol–water partition coefficient (Wildman–Crippen LogP) is 3.54. The van der Waals surface area contributed by atoms with Crippen molar-refractivity contribution < 1.29 is 14.3 Å². The van der Waals surface area contributed by atoms with Crippen LogP contribution in [0.5, 0.6) is 5.75 Å². The van der Waals surface area contributed by atoms with Crippen LogP contribution in [0.25, 0.3) is 0 Å². The first-order valence-electron chi connectivity index (χ1n) is 9.64. The summed E-state index contributed by atoms with van der Waals surface area (Å²) in [7, 11) is 0. The molecule has 2 aromatic rings. The molecule has 2 aromatic carbocycles. The molecule has 0 heterocycles. The summed E-state index contributed by atoms with van der Waals surface area (Å²) in [6, 6.07) is 13.3. The summed E-state index contributed by atoms with van der Waals surface area (Å²) in [5.41, 5.74) is 4.17. The van der Waals surface area contributed by atoms with Gasteiger partial charge in [-0.3, -0.25) is 9.59 Å². The molecule has 150 valence electrons. The number of rotatable bonds is 8. The van der Waals surface area contributed by atoms with Gasteiger partial charge in [0.1, 0.15) is 11.8 Å². The van der Waals surface area contributed by atoms with Crippen LogP contribution < -0.4 is 10.1 Å². The van der Waals surface area contributed by atoms with E-state index in [4.69, 9.17) is 4.74 Å². The Labute approximate surface area is 167 Å². The first-order chi connectivity index (χ1) is 13.3. The quantitative estimate of drug-likeness (QED) is 0.760. The Hall–Kier alpha value is -2.82. The summed E-state index contributed by atoms with van der Waals surface area (Å²) in [6.45, 7) is 10.3. The van der Waals surface area contributed by atoms with Crippen LogP contribution in [0.15, 0.2) is 42.5 Å². The van der Waals surface area contributed by atoms with E-state index < -0.39 is 6.04 Å². The number of benzene rings is 2. The minimum absolute atomic E-state index is 0.111. The summed E-state index contributed by atoms with van der Waals surface area (Å²) in [5, 5.41) is 2.79. The first kappa shape index (κ1) is 21.5. The van der Waals surface area contributed by atoms with Crippen molar-refractivity contribution in [3.8, 4) is 5.75 Å². The minimum atomic E-state index is -0.587. The van der Waals surface area contributed by atoms with Crippen LogP contribution in [0.4, 0.5) is 0 Å². The van der Waals surface area contributed by atoms with E-state index in [1.165, 1.54) is 0 Å². The van der Waals surface area contributed by atoms with Gasteiger partial charge in [-0.05, 0) is 57.4 Å². The normalized spacial score (nSPS) is 11.6. The average Bonchev–Trinajstić information content (AvgIpc) is 2.67. The molecular formula is C23H30N2O3. The Morgan fingerprint density at radius 2 is 1.68 bits per heavy atom. The third-order valence-electron chi connectivity index (χ3n) is 4.69. The Bertz CT molecular complexity index is 815. The second-order valence-electron chi connectivity index (χ2n) is 7.14. The van der Waals surface area contributed by atoms with Crippen molar-refractivity contribution in [2.75, 3.05) is 13.2 Å². The Kier molecular flexibility index (Phi) is 7.61. The van der Waals surface area contributed by atoms with Crippen molar-refractivity contribution in [1.29, 1.82) is 0 Å². The van der Waals surface area contributed by atoms with E-state index >= 15 is 0 Å². The molecule has 0 bridgehead atoms. The fraction of sp³-hybridized carbons (Fsp3) is 0.391. The topological polar surface area (TPSA) is 58.6 Å². The van der Waals surface area contributed by atoms with Gasteiger partial charge in [-0.1, -0.05) is 42.0 Å². The molecule has 0 aliphatic carbocycles.